The summed E-state index contributed by atoms with van der Waals surface area (Å²) >= 11 is 0. The highest BCUT2D eigenvalue weighted by molar-refractivity contribution is 6.07. The van der Waals surface area contributed by atoms with Crippen LogP contribution in [0, 0.1) is 11.3 Å². The fourth-order valence-corrected chi connectivity index (χ4v) is 8.97. The van der Waals surface area contributed by atoms with E-state index in [1.807, 2.05) is 24.3 Å². The van der Waals surface area contributed by atoms with Gasteiger partial charge in [0, 0.05) is 39.0 Å². The summed E-state index contributed by atoms with van der Waals surface area (Å²) in [6.07, 6.45) is 4.36. The molecule has 0 saturated heterocycles. The number of hydrogen-bond acceptors (Lipinski definition) is 2. The summed E-state index contributed by atoms with van der Waals surface area (Å²) in [5.41, 5.74) is 19.0. The number of hydrogen-bond donors (Lipinski definition) is 0. The molecule has 0 saturated carbocycles. The Morgan fingerprint density at radius 1 is 0.566 bits per heavy atom. The van der Waals surface area contributed by atoms with Crippen LogP contribution in [0.2, 0.25) is 0 Å². The summed E-state index contributed by atoms with van der Waals surface area (Å²) < 4.78 is 8.63. The zero-order valence-corrected chi connectivity index (χ0v) is 28.9. The predicted octanol–water partition coefficient (Wildman–Crippen LogP) is 12.7. The van der Waals surface area contributed by atoms with Crippen molar-refractivity contribution in [2.75, 3.05) is 0 Å². The molecule has 7 aromatic carbocycles. The van der Waals surface area contributed by atoms with E-state index in [0.29, 0.717) is 5.56 Å². The molecule has 53 heavy (non-hydrogen) atoms. The van der Waals surface area contributed by atoms with Gasteiger partial charge in [-0.3, -0.25) is 0 Å². The number of allylic oxidation sites excluding steroid dienone is 1. The molecule has 1 atom stereocenters. The lowest BCUT2D eigenvalue weighted by molar-refractivity contribution is 0.669. The van der Waals surface area contributed by atoms with Gasteiger partial charge in [0.05, 0.1) is 17.1 Å². The second kappa shape index (κ2) is 11.6. The Labute approximate surface area is 307 Å². The summed E-state index contributed by atoms with van der Waals surface area (Å²) in [6, 6.07) is 58.8. The van der Waals surface area contributed by atoms with E-state index in [0.717, 1.165) is 29.4 Å². The van der Waals surface area contributed by atoms with Crippen molar-refractivity contribution in [2.45, 2.75) is 18.8 Å². The Hall–Kier alpha value is -6.89. The van der Waals surface area contributed by atoms with Crippen molar-refractivity contribution in [3.8, 4) is 34.0 Å². The van der Waals surface area contributed by atoms with E-state index >= 15 is 0 Å². The minimum atomic E-state index is 0.139. The van der Waals surface area contributed by atoms with Crippen LogP contribution in [-0.4, -0.2) is 4.57 Å². The second-order valence-electron chi connectivity index (χ2n) is 14.3. The van der Waals surface area contributed by atoms with Crippen LogP contribution in [0.5, 0.6) is 0 Å². The van der Waals surface area contributed by atoms with Gasteiger partial charge in [-0.1, -0.05) is 97.1 Å². The summed E-state index contributed by atoms with van der Waals surface area (Å²) in [5, 5.41) is 13.0. The molecule has 9 aromatic rings. The zero-order chi connectivity index (χ0) is 35.0. The number of benzene rings is 7. The van der Waals surface area contributed by atoms with E-state index in [1.54, 1.807) is 0 Å². The lowest BCUT2D eigenvalue weighted by Crippen LogP contribution is -2.05. The van der Waals surface area contributed by atoms with Crippen LogP contribution in [0.1, 0.15) is 51.4 Å². The van der Waals surface area contributed by atoms with E-state index in [1.165, 1.54) is 83.3 Å². The molecule has 1 unspecified atom stereocenters. The average molecular weight is 677 g/mol. The molecule has 2 aliphatic carbocycles. The normalized spacial score (nSPS) is 14.5. The van der Waals surface area contributed by atoms with E-state index in [2.05, 4.69) is 150 Å². The molecule has 2 aromatic heterocycles. The van der Waals surface area contributed by atoms with E-state index in [9.17, 15) is 5.26 Å². The number of furan rings is 1. The molecule has 0 amide bonds. The molecule has 2 heterocycles. The highest BCUT2D eigenvalue weighted by atomic mass is 16.3. The molecule has 0 bridgehead atoms. The molecule has 0 radical (unpaired) electrons. The van der Waals surface area contributed by atoms with Gasteiger partial charge in [-0.2, -0.15) is 5.26 Å². The van der Waals surface area contributed by atoms with E-state index < -0.39 is 0 Å². The van der Waals surface area contributed by atoms with Crippen LogP contribution in [-0.2, 0) is 6.42 Å². The molecule has 0 fully saturated rings. The minimum Gasteiger partial charge on any atom is -0.456 e. The first-order chi connectivity index (χ1) is 26.2. The highest BCUT2D eigenvalue weighted by Gasteiger charge is 2.30. The maximum atomic E-state index is 9.41. The first-order valence-electron chi connectivity index (χ1n) is 18.3. The fourth-order valence-electron chi connectivity index (χ4n) is 8.97. The lowest BCUT2D eigenvalue weighted by atomic mass is 9.88. The zero-order valence-electron chi connectivity index (χ0n) is 28.9. The summed E-state index contributed by atoms with van der Waals surface area (Å²) in [7, 11) is 0. The Morgan fingerprint density at radius 2 is 1.28 bits per heavy atom. The van der Waals surface area contributed by atoms with Crippen LogP contribution >= 0.6 is 0 Å². The Morgan fingerprint density at radius 3 is 2.17 bits per heavy atom. The van der Waals surface area contributed by atoms with E-state index in [4.69, 9.17) is 4.42 Å². The van der Waals surface area contributed by atoms with E-state index in [-0.39, 0.29) is 5.92 Å². The Bertz CT molecular complexity index is 3010. The highest BCUT2D eigenvalue weighted by Crippen LogP contribution is 2.49. The molecule has 2 aliphatic rings. The molecular formula is C50H32N2O. The first kappa shape index (κ1) is 29.8. The van der Waals surface area contributed by atoms with Crippen LogP contribution in [0.4, 0.5) is 0 Å². The Balaban J connectivity index is 1.06. The van der Waals surface area contributed by atoms with Gasteiger partial charge in [-0.15, -0.1) is 0 Å². The van der Waals surface area contributed by atoms with Crippen LogP contribution < -0.4 is 0 Å². The predicted molar refractivity (Wildman–Crippen MR) is 216 cm³/mol. The molecule has 3 heteroatoms. The third-order valence-electron chi connectivity index (χ3n) is 11.5. The third-order valence-corrected chi connectivity index (χ3v) is 11.5. The monoisotopic (exact) mass is 676 g/mol. The van der Waals surface area contributed by atoms with Gasteiger partial charge in [0.1, 0.15) is 11.2 Å². The summed E-state index contributed by atoms with van der Waals surface area (Å²) in [4.78, 5) is 0. The van der Waals surface area contributed by atoms with Gasteiger partial charge >= 0.3 is 0 Å². The average Bonchev–Trinajstić information content (AvgIpc) is 3.88. The maximum absolute atomic E-state index is 9.41. The van der Waals surface area contributed by atoms with Gasteiger partial charge in [-0.25, -0.2) is 0 Å². The van der Waals surface area contributed by atoms with Crippen molar-refractivity contribution in [1.29, 1.82) is 5.26 Å². The van der Waals surface area contributed by atoms with Crippen LogP contribution in [0.3, 0.4) is 0 Å². The summed E-state index contributed by atoms with van der Waals surface area (Å²) in [5.74, 6) is 0.139. The van der Waals surface area contributed by atoms with Crippen molar-refractivity contribution < 1.29 is 4.42 Å². The van der Waals surface area contributed by atoms with Crippen molar-refractivity contribution in [3.63, 3.8) is 0 Å². The smallest absolute Gasteiger partial charge is 0.135 e. The van der Waals surface area contributed by atoms with Crippen LogP contribution in [0.25, 0.3) is 72.4 Å². The number of nitrogens with zero attached hydrogens (tertiary/aromatic N) is 2. The lowest BCUT2D eigenvalue weighted by Gasteiger charge is -2.18. The van der Waals surface area contributed by atoms with Gasteiger partial charge in [0.2, 0.25) is 0 Å². The second-order valence-corrected chi connectivity index (χ2v) is 14.3. The standard InChI is InChI=1S/C50H32N2O/c51-30-31-14-16-32(17-15-31)50-40-12-5-4-10-38(40)42-26-33(18-22-41(42)50)34-19-23-46-43(27-34)44-28-35(20-24-47(44)52(46)37-8-2-1-3-9-37)36-21-25-49-45(29-36)39-11-6-7-13-48(39)53-49/h1-19,21-23,25-29,50H,20,24H2. The van der Waals surface area contributed by atoms with Crippen molar-refractivity contribution in [3.05, 3.63) is 197 Å². The van der Waals surface area contributed by atoms with Gasteiger partial charge in [0.25, 0.3) is 0 Å². The topological polar surface area (TPSA) is 41.9 Å². The van der Waals surface area contributed by atoms with Gasteiger partial charge < -0.3 is 8.98 Å². The molecule has 0 aliphatic heterocycles. The summed E-state index contributed by atoms with van der Waals surface area (Å²) in [6.45, 7) is 0. The molecular weight excluding hydrogens is 645 g/mol. The number of rotatable bonds is 4. The number of nitriles is 1. The molecule has 0 spiro atoms. The quantitative estimate of drug-likeness (QED) is 0.186. The third kappa shape index (κ3) is 4.59. The molecule has 0 N–H and O–H groups in total. The van der Waals surface area contributed by atoms with Gasteiger partial charge in [0.15, 0.2) is 0 Å². The number of aromatic nitrogens is 1. The van der Waals surface area contributed by atoms with Crippen LogP contribution in [0.15, 0.2) is 162 Å². The first-order valence-corrected chi connectivity index (χ1v) is 18.3. The number of fused-ring (bicyclic) bond motifs is 9. The molecule has 248 valence electrons. The number of para-hydroxylation sites is 2. The largest absolute Gasteiger partial charge is 0.456 e. The Kier molecular flexibility index (Phi) is 6.50. The SMILES string of the molecule is N#Cc1ccc(C2c3ccccc3-c3cc(-c4ccc5c(c4)c4c(n5-c5ccccc5)CCC(c5ccc6oc7ccccc7c6c5)=C4)ccc32)cc1. The fraction of sp³-hybridized carbons (Fsp3) is 0.0600. The molecule has 11 rings (SSSR count). The van der Waals surface area contributed by atoms with Crippen molar-refractivity contribution in [2.24, 2.45) is 0 Å². The molecule has 3 nitrogen and oxygen atoms in total. The minimum absolute atomic E-state index is 0.139. The van der Waals surface area contributed by atoms with Crippen molar-refractivity contribution >= 4 is 44.5 Å². The van der Waals surface area contributed by atoms with Gasteiger partial charge in [-0.05, 0) is 130 Å². The maximum Gasteiger partial charge on any atom is 0.135 e. The van der Waals surface area contributed by atoms with Crippen molar-refractivity contribution in [1.82, 2.24) is 4.57 Å².